The monoisotopic (exact) mass is 364 g/mol. The summed E-state index contributed by atoms with van der Waals surface area (Å²) in [5.74, 6) is 0. The van der Waals surface area contributed by atoms with Crippen molar-refractivity contribution in [3.8, 4) is 21.5 Å². The second-order valence-corrected chi connectivity index (χ2v) is 6.48. The van der Waals surface area contributed by atoms with Crippen LogP contribution in [0.4, 0.5) is 0 Å². The number of benzene rings is 1. The van der Waals surface area contributed by atoms with Gasteiger partial charge in [-0.1, -0.05) is 0 Å². The van der Waals surface area contributed by atoms with Gasteiger partial charge < -0.3 is 0 Å². The number of hydrogen-bond donors (Lipinski definition) is 0. The van der Waals surface area contributed by atoms with E-state index in [9.17, 15) is 0 Å². The predicted octanol–water partition coefficient (Wildman–Crippen LogP) is 3.63. The van der Waals surface area contributed by atoms with Crippen molar-refractivity contribution in [3.05, 3.63) is 58.1 Å². The molecule has 0 bridgehead atoms. The molecule has 0 atom stereocenters. The maximum atomic E-state index is 4.69. The van der Waals surface area contributed by atoms with E-state index in [2.05, 4.69) is 43.0 Å². The number of halogens is 1. The van der Waals surface area contributed by atoms with Gasteiger partial charge in [0.25, 0.3) is 0 Å². The molecule has 18 heavy (non-hydrogen) atoms. The van der Waals surface area contributed by atoms with E-state index in [0.29, 0.717) is 0 Å². The first-order valence-electron chi connectivity index (χ1n) is 5.46. The van der Waals surface area contributed by atoms with Crippen LogP contribution in [0, 0.1) is 0 Å². The van der Waals surface area contributed by atoms with E-state index in [0.717, 1.165) is 26.0 Å². The van der Waals surface area contributed by atoms with Gasteiger partial charge in [0.05, 0.1) is 0 Å². The van der Waals surface area contributed by atoms with Crippen LogP contribution in [0.25, 0.3) is 21.5 Å². The third-order valence-electron chi connectivity index (χ3n) is 2.53. The summed E-state index contributed by atoms with van der Waals surface area (Å²) < 4.78 is 2.19. The minimum absolute atomic E-state index is 0.275. The van der Waals surface area contributed by atoms with E-state index in [1.165, 1.54) is 0 Å². The van der Waals surface area contributed by atoms with Gasteiger partial charge in [-0.05, 0) is 0 Å². The molecule has 0 amide bonds. The summed E-state index contributed by atoms with van der Waals surface area (Å²) in [5.41, 5.74) is 3.20. The van der Waals surface area contributed by atoms with Gasteiger partial charge in [-0.15, -0.1) is 0 Å². The molecule has 0 saturated heterocycles. The molecule has 2 heterocycles. The van der Waals surface area contributed by atoms with E-state index in [-0.39, 0.29) is 14.5 Å². The van der Waals surface area contributed by atoms with Crippen LogP contribution in [0.3, 0.4) is 0 Å². The Morgan fingerprint density at radius 3 is 2.50 bits per heavy atom. The molecule has 3 rings (SSSR count). The SMILES string of the molecule is Brc1ccc(-c2c[se]c(-c3ccccn3)n2)cc1. The van der Waals surface area contributed by atoms with E-state index >= 15 is 0 Å². The molecule has 0 fully saturated rings. The van der Waals surface area contributed by atoms with E-state index < -0.39 is 0 Å². The number of aromatic nitrogens is 2. The fraction of sp³-hybridized carbons (Fsp3) is 0. The standard InChI is InChI=1S/C14H9BrN2Se/c15-11-6-4-10(5-7-11)13-9-18-14(17-13)12-3-1-2-8-16-12/h1-9H. The van der Waals surface area contributed by atoms with Crippen LogP contribution in [0.5, 0.6) is 0 Å². The Hall–Kier alpha value is -1.22. The van der Waals surface area contributed by atoms with Crippen LogP contribution < -0.4 is 0 Å². The van der Waals surface area contributed by atoms with Crippen molar-refractivity contribution in [1.82, 2.24) is 9.97 Å². The first-order chi connectivity index (χ1) is 8.83. The van der Waals surface area contributed by atoms with Crippen LogP contribution in [-0.2, 0) is 0 Å². The van der Waals surface area contributed by atoms with Crippen molar-refractivity contribution in [2.45, 2.75) is 0 Å². The zero-order chi connectivity index (χ0) is 12.4. The molecule has 88 valence electrons. The summed E-state index contributed by atoms with van der Waals surface area (Å²) in [6.07, 6.45) is 1.81. The van der Waals surface area contributed by atoms with E-state index in [4.69, 9.17) is 0 Å². The molecule has 3 aromatic rings. The van der Waals surface area contributed by atoms with Crippen molar-refractivity contribution in [1.29, 1.82) is 0 Å². The van der Waals surface area contributed by atoms with Gasteiger partial charge in [0.1, 0.15) is 0 Å². The average Bonchev–Trinajstić information content (AvgIpc) is 2.90. The van der Waals surface area contributed by atoms with Gasteiger partial charge >= 0.3 is 120 Å². The Morgan fingerprint density at radius 1 is 0.944 bits per heavy atom. The summed E-state index contributed by atoms with van der Waals surface area (Å²) in [4.78, 5) is 11.2. The van der Waals surface area contributed by atoms with Gasteiger partial charge in [-0.25, -0.2) is 0 Å². The Kier molecular flexibility index (Phi) is 3.41. The average molecular weight is 364 g/mol. The summed E-state index contributed by atoms with van der Waals surface area (Å²) in [6.45, 7) is 0. The topological polar surface area (TPSA) is 25.8 Å². The van der Waals surface area contributed by atoms with Crippen molar-refractivity contribution >= 4 is 30.4 Å². The van der Waals surface area contributed by atoms with Gasteiger partial charge in [0.15, 0.2) is 0 Å². The second-order valence-electron chi connectivity index (χ2n) is 3.76. The molecule has 0 N–H and O–H groups in total. The predicted molar refractivity (Wildman–Crippen MR) is 77.5 cm³/mol. The number of pyridine rings is 1. The molecular weight excluding hydrogens is 355 g/mol. The van der Waals surface area contributed by atoms with Crippen LogP contribution in [0.2, 0.25) is 0 Å². The third kappa shape index (κ3) is 2.46. The molecule has 0 unspecified atom stereocenters. The summed E-state index contributed by atoms with van der Waals surface area (Å²) in [7, 11) is 0. The third-order valence-corrected chi connectivity index (χ3v) is 4.87. The Balaban J connectivity index is 1.97. The molecule has 2 aromatic heterocycles. The fourth-order valence-electron chi connectivity index (χ4n) is 1.63. The molecule has 0 aliphatic rings. The first kappa shape index (κ1) is 11.8. The van der Waals surface area contributed by atoms with Crippen LogP contribution in [-0.4, -0.2) is 24.5 Å². The maximum absolute atomic E-state index is 4.69. The molecule has 0 radical (unpaired) electrons. The van der Waals surface area contributed by atoms with Crippen LogP contribution in [0.1, 0.15) is 0 Å². The van der Waals surface area contributed by atoms with Crippen molar-refractivity contribution in [3.63, 3.8) is 0 Å². The number of nitrogens with zero attached hydrogens (tertiary/aromatic N) is 2. The normalized spacial score (nSPS) is 10.5. The summed E-state index contributed by atoms with van der Waals surface area (Å²) in [5, 5.41) is 0. The zero-order valence-electron chi connectivity index (χ0n) is 9.38. The molecular formula is C14H9BrN2Se. The van der Waals surface area contributed by atoms with Crippen LogP contribution >= 0.6 is 15.9 Å². The molecule has 4 heteroatoms. The fourth-order valence-corrected chi connectivity index (χ4v) is 3.59. The summed E-state index contributed by atoms with van der Waals surface area (Å²) in [6, 6.07) is 14.2. The van der Waals surface area contributed by atoms with Crippen molar-refractivity contribution in [2.75, 3.05) is 0 Å². The minimum atomic E-state index is 0.275. The molecule has 0 aliphatic heterocycles. The molecule has 0 saturated carbocycles. The quantitative estimate of drug-likeness (QED) is 0.649. The van der Waals surface area contributed by atoms with E-state index in [1.807, 2.05) is 36.5 Å². The first-order valence-corrected chi connectivity index (χ1v) is 8.10. The van der Waals surface area contributed by atoms with E-state index in [1.54, 1.807) is 0 Å². The second kappa shape index (κ2) is 5.19. The number of hydrogen-bond acceptors (Lipinski definition) is 2. The van der Waals surface area contributed by atoms with Gasteiger partial charge in [0.2, 0.25) is 0 Å². The zero-order valence-corrected chi connectivity index (χ0v) is 12.7. The molecule has 1 aromatic carbocycles. The Labute approximate surface area is 120 Å². The van der Waals surface area contributed by atoms with Crippen molar-refractivity contribution in [2.24, 2.45) is 0 Å². The van der Waals surface area contributed by atoms with Gasteiger partial charge in [0, 0.05) is 0 Å². The number of rotatable bonds is 2. The van der Waals surface area contributed by atoms with Gasteiger partial charge in [-0.3, -0.25) is 0 Å². The van der Waals surface area contributed by atoms with Crippen LogP contribution in [0.15, 0.2) is 58.1 Å². The molecule has 0 aliphatic carbocycles. The Bertz CT molecular complexity index is 647. The summed E-state index contributed by atoms with van der Waals surface area (Å²) >= 11 is 3.72. The van der Waals surface area contributed by atoms with Gasteiger partial charge in [-0.2, -0.15) is 0 Å². The Morgan fingerprint density at radius 2 is 1.78 bits per heavy atom. The molecule has 0 spiro atoms. The molecule has 2 nitrogen and oxygen atoms in total. The van der Waals surface area contributed by atoms with Crippen molar-refractivity contribution < 1.29 is 0 Å².